The molecule has 0 bridgehead atoms. The van der Waals surface area contributed by atoms with Crippen molar-refractivity contribution < 1.29 is 13.6 Å². The maximum atomic E-state index is 11.9. The number of carbonyl (C=O) groups is 1. The van der Waals surface area contributed by atoms with Gasteiger partial charge in [-0.2, -0.15) is 5.10 Å². The predicted molar refractivity (Wildman–Crippen MR) is 54.0 cm³/mol. The zero-order valence-corrected chi connectivity index (χ0v) is 9.08. The maximum absolute atomic E-state index is 11.9. The van der Waals surface area contributed by atoms with Gasteiger partial charge in [-0.3, -0.25) is 9.48 Å². The molecule has 1 aromatic rings. The fraction of sp³-hybridized carbons (Fsp3) is 0.556. The molecule has 0 radical (unpaired) electrons. The van der Waals surface area contributed by atoms with Crippen LogP contribution in [-0.2, 0) is 11.8 Å². The third-order valence-corrected chi connectivity index (χ3v) is 2.04. The first-order valence-electron chi connectivity index (χ1n) is 4.76. The van der Waals surface area contributed by atoms with Gasteiger partial charge in [-0.15, -0.1) is 0 Å². The van der Waals surface area contributed by atoms with E-state index in [1.54, 1.807) is 25.0 Å². The Hall–Kier alpha value is -1.50. The summed E-state index contributed by atoms with van der Waals surface area (Å²) in [6.45, 7) is -0.642. The van der Waals surface area contributed by atoms with E-state index >= 15 is 0 Å². The molecule has 0 spiro atoms. The second-order valence-corrected chi connectivity index (χ2v) is 3.31. The van der Waals surface area contributed by atoms with Gasteiger partial charge in [0.2, 0.25) is 5.91 Å². The van der Waals surface area contributed by atoms with Gasteiger partial charge in [0, 0.05) is 18.8 Å². The van der Waals surface area contributed by atoms with Crippen molar-refractivity contribution in [3.8, 4) is 0 Å². The minimum Gasteiger partial charge on any atom is -0.349 e. The highest BCUT2D eigenvalue weighted by Gasteiger charge is 2.20. The number of likely N-dealkylation sites (N-methyl/N-ethyl adjacent to an activating group) is 1. The number of nitrogens with zero attached hydrogens (tertiary/aromatic N) is 2. The third kappa shape index (κ3) is 3.27. The highest BCUT2D eigenvalue weighted by molar-refractivity contribution is 5.83. The van der Waals surface area contributed by atoms with E-state index < -0.39 is 24.9 Å². The van der Waals surface area contributed by atoms with Gasteiger partial charge in [-0.25, -0.2) is 8.78 Å². The fourth-order valence-corrected chi connectivity index (χ4v) is 1.32. The van der Waals surface area contributed by atoms with Crippen LogP contribution in [0.4, 0.5) is 8.78 Å². The van der Waals surface area contributed by atoms with Gasteiger partial charge in [0.15, 0.2) is 0 Å². The highest BCUT2D eigenvalue weighted by Crippen LogP contribution is 2.10. The van der Waals surface area contributed by atoms with Crippen LogP contribution < -0.4 is 10.6 Å². The Balaban J connectivity index is 2.63. The normalized spacial score (nSPS) is 12.8. The van der Waals surface area contributed by atoms with Gasteiger partial charge in [-0.05, 0) is 7.05 Å². The van der Waals surface area contributed by atoms with Crippen LogP contribution in [0.1, 0.15) is 11.6 Å². The summed E-state index contributed by atoms with van der Waals surface area (Å²) in [5.41, 5.74) is 0.636. The summed E-state index contributed by atoms with van der Waals surface area (Å²) in [4.78, 5) is 11.5. The minimum atomic E-state index is -2.55. The summed E-state index contributed by atoms with van der Waals surface area (Å²) in [6, 6.07) is -0.660. The molecule has 0 aliphatic rings. The number of amides is 1. The van der Waals surface area contributed by atoms with E-state index in [1.807, 2.05) is 0 Å². The van der Waals surface area contributed by atoms with Crippen LogP contribution in [0.25, 0.3) is 0 Å². The molecule has 5 nitrogen and oxygen atoms in total. The zero-order valence-electron chi connectivity index (χ0n) is 9.08. The number of hydrogen-bond acceptors (Lipinski definition) is 3. The van der Waals surface area contributed by atoms with E-state index in [2.05, 4.69) is 15.7 Å². The van der Waals surface area contributed by atoms with E-state index in [-0.39, 0.29) is 0 Å². The number of nitrogens with one attached hydrogen (secondary N) is 2. The summed E-state index contributed by atoms with van der Waals surface area (Å²) in [6.07, 6.45) is 0.627. The van der Waals surface area contributed by atoms with Gasteiger partial charge >= 0.3 is 0 Å². The molecule has 1 heterocycles. The number of carbonyl (C=O) groups excluding carboxylic acids is 1. The standard InChI is InChI=1S/C9H14F2N4O/c1-12-8(6-3-14-15(2)5-6)9(16)13-4-7(10)11/h3,5,7-8,12H,4H2,1-2H3,(H,13,16). The van der Waals surface area contributed by atoms with Gasteiger partial charge in [0.1, 0.15) is 6.04 Å². The molecular weight excluding hydrogens is 218 g/mol. The topological polar surface area (TPSA) is 59.0 Å². The molecule has 1 amide bonds. The molecule has 1 atom stereocenters. The van der Waals surface area contributed by atoms with E-state index in [0.29, 0.717) is 5.56 Å². The van der Waals surface area contributed by atoms with Crippen LogP contribution >= 0.6 is 0 Å². The monoisotopic (exact) mass is 232 g/mol. The van der Waals surface area contributed by atoms with Crippen molar-refractivity contribution in [3.63, 3.8) is 0 Å². The Labute approximate surface area is 91.8 Å². The molecule has 16 heavy (non-hydrogen) atoms. The maximum Gasteiger partial charge on any atom is 0.255 e. The Morgan fingerprint density at radius 2 is 2.31 bits per heavy atom. The number of aromatic nitrogens is 2. The Morgan fingerprint density at radius 3 is 2.75 bits per heavy atom. The third-order valence-electron chi connectivity index (χ3n) is 2.04. The number of hydrogen-bond donors (Lipinski definition) is 2. The van der Waals surface area contributed by atoms with Crippen molar-refractivity contribution in [3.05, 3.63) is 18.0 Å². The second kappa shape index (κ2) is 5.55. The molecule has 7 heteroatoms. The van der Waals surface area contributed by atoms with Crippen molar-refractivity contribution in [2.75, 3.05) is 13.6 Å². The number of alkyl halides is 2. The molecule has 0 aliphatic carbocycles. The van der Waals surface area contributed by atoms with Crippen LogP contribution in [0.15, 0.2) is 12.4 Å². The van der Waals surface area contributed by atoms with Crippen molar-refractivity contribution in [1.29, 1.82) is 0 Å². The molecule has 1 rings (SSSR count). The first-order chi connectivity index (χ1) is 7.54. The molecule has 90 valence electrons. The first kappa shape index (κ1) is 12.6. The molecule has 2 N–H and O–H groups in total. The highest BCUT2D eigenvalue weighted by atomic mass is 19.3. The lowest BCUT2D eigenvalue weighted by molar-refractivity contribution is -0.123. The van der Waals surface area contributed by atoms with E-state index in [9.17, 15) is 13.6 Å². The van der Waals surface area contributed by atoms with E-state index in [1.165, 1.54) is 6.20 Å². The van der Waals surface area contributed by atoms with Crippen molar-refractivity contribution >= 4 is 5.91 Å². The largest absolute Gasteiger partial charge is 0.349 e. The summed E-state index contributed by atoms with van der Waals surface area (Å²) >= 11 is 0. The lowest BCUT2D eigenvalue weighted by Crippen LogP contribution is -2.38. The average molecular weight is 232 g/mol. The van der Waals surface area contributed by atoms with Crippen LogP contribution in [0.2, 0.25) is 0 Å². The number of halogens is 2. The lowest BCUT2D eigenvalue weighted by atomic mass is 10.1. The van der Waals surface area contributed by atoms with Crippen LogP contribution in [-0.4, -0.2) is 35.7 Å². The zero-order chi connectivity index (χ0) is 12.1. The lowest BCUT2D eigenvalue weighted by Gasteiger charge is -2.14. The summed E-state index contributed by atoms with van der Waals surface area (Å²) in [5.74, 6) is -0.490. The molecule has 0 fully saturated rings. The number of rotatable bonds is 5. The van der Waals surface area contributed by atoms with Crippen LogP contribution in [0, 0.1) is 0 Å². The SMILES string of the molecule is CNC(C(=O)NCC(F)F)c1cnn(C)c1. The Morgan fingerprint density at radius 1 is 1.62 bits per heavy atom. The van der Waals surface area contributed by atoms with Crippen molar-refractivity contribution in [1.82, 2.24) is 20.4 Å². The van der Waals surface area contributed by atoms with Crippen LogP contribution in [0.5, 0.6) is 0 Å². The van der Waals surface area contributed by atoms with Crippen molar-refractivity contribution in [2.45, 2.75) is 12.5 Å². The van der Waals surface area contributed by atoms with E-state index in [4.69, 9.17) is 0 Å². The van der Waals surface area contributed by atoms with Gasteiger partial charge in [-0.1, -0.05) is 0 Å². The molecular formula is C9H14F2N4O. The molecule has 0 saturated heterocycles. The molecule has 0 aromatic carbocycles. The van der Waals surface area contributed by atoms with Crippen LogP contribution in [0.3, 0.4) is 0 Å². The van der Waals surface area contributed by atoms with Gasteiger partial charge < -0.3 is 10.6 Å². The minimum absolute atomic E-state index is 0.490. The molecule has 1 unspecified atom stereocenters. The molecule has 0 saturated carbocycles. The molecule has 1 aromatic heterocycles. The Bertz CT molecular complexity index is 353. The summed E-state index contributed by atoms with van der Waals surface area (Å²) in [5, 5.41) is 8.81. The quantitative estimate of drug-likeness (QED) is 0.755. The summed E-state index contributed by atoms with van der Waals surface area (Å²) in [7, 11) is 3.30. The Kier molecular flexibility index (Phi) is 4.36. The summed E-state index contributed by atoms with van der Waals surface area (Å²) < 4.78 is 25.4. The fourth-order valence-electron chi connectivity index (χ4n) is 1.32. The van der Waals surface area contributed by atoms with Gasteiger partial charge in [0.05, 0.1) is 12.7 Å². The second-order valence-electron chi connectivity index (χ2n) is 3.31. The van der Waals surface area contributed by atoms with E-state index in [0.717, 1.165) is 0 Å². The first-order valence-corrected chi connectivity index (χ1v) is 4.76. The van der Waals surface area contributed by atoms with Crippen molar-refractivity contribution in [2.24, 2.45) is 7.05 Å². The predicted octanol–water partition coefficient (Wildman–Crippen LogP) is 0.0619. The smallest absolute Gasteiger partial charge is 0.255 e. The van der Waals surface area contributed by atoms with Gasteiger partial charge in [0.25, 0.3) is 6.43 Å². The average Bonchev–Trinajstić information content (AvgIpc) is 2.63. The number of aryl methyl sites for hydroxylation is 1. The molecule has 0 aliphatic heterocycles.